The summed E-state index contributed by atoms with van der Waals surface area (Å²) in [4.78, 5) is 24.6. The fourth-order valence-electron chi connectivity index (χ4n) is 0.571. The average Bonchev–Trinajstić information content (AvgIpc) is 2.24. The zero-order valence-electron chi connectivity index (χ0n) is 8.01. The first-order valence-electron chi connectivity index (χ1n) is 3.95. The maximum atomic E-state index is 11.1. The molecule has 0 N–H and O–H groups in total. The van der Waals surface area contributed by atoms with Gasteiger partial charge in [-0.3, -0.25) is 0 Å². The van der Waals surface area contributed by atoms with Crippen LogP contribution in [-0.2, 0) is 19.1 Å². The SMILES string of the molecule is C=CCOC(=O)C(=[N+]=[N-])C(=O)OCC=C. The van der Waals surface area contributed by atoms with E-state index in [-0.39, 0.29) is 13.2 Å². The van der Waals surface area contributed by atoms with Gasteiger partial charge in [0.2, 0.25) is 0 Å². The fraction of sp³-hybridized carbons (Fsp3) is 0.222. The van der Waals surface area contributed by atoms with Crippen LogP contribution < -0.4 is 0 Å². The minimum atomic E-state index is -1.08. The number of ether oxygens (including phenoxy) is 2. The lowest BCUT2D eigenvalue weighted by Gasteiger charge is -1.97. The summed E-state index contributed by atoms with van der Waals surface area (Å²) in [7, 11) is 0. The highest BCUT2D eigenvalue weighted by atomic mass is 16.6. The summed E-state index contributed by atoms with van der Waals surface area (Å²) in [6.45, 7) is 6.43. The third kappa shape index (κ3) is 4.54. The topological polar surface area (TPSA) is 89.0 Å². The first-order chi connectivity index (χ1) is 7.17. The van der Waals surface area contributed by atoms with E-state index in [1.54, 1.807) is 0 Å². The van der Waals surface area contributed by atoms with E-state index in [2.05, 4.69) is 27.4 Å². The van der Waals surface area contributed by atoms with Crippen LogP contribution >= 0.6 is 0 Å². The number of nitrogens with zero attached hydrogens (tertiary/aromatic N) is 2. The Morgan fingerprint density at radius 2 is 1.53 bits per heavy atom. The van der Waals surface area contributed by atoms with E-state index in [9.17, 15) is 9.59 Å². The van der Waals surface area contributed by atoms with Gasteiger partial charge in [-0.15, -0.1) is 0 Å². The molecule has 0 atom stereocenters. The smallest absolute Gasteiger partial charge is 0.452 e. The Labute approximate surface area is 86.4 Å². The van der Waals surface area contributed by atoms with Crippen LogP contribution in [0.1, 0.15) is 0 Å². The molecule has 6 heteroatoms. The molecule has 15 heavy (non-hydrogen) atoms. The maximum absolute atomic E-state index is 11.1. The molecular weight excluding hydrogens is 200 g/mol. The van der Waals surface area contributed by atoms with Crippen LogP contribution in [0.5, 0.6) is 0 Å². The third-order valence-corrected chi connectivity index (χ3v) is 1.15. The predicted molar refractivity (Wildman–Crippen MR) is 50.9 cm³/mol. The molecule has 0 rings (SSSR count). The Morgan fingerprint density at radius 3 is 1.80 bits per heavy atom. The molecule has 0 heterocycles. The van der Waals surface area contributed by atoms with E-state index in [0.29, 0.717) is 0 Å². The summed E-state index contributed by atoms with van der Waals surface area (Å²) in [6.07, 6.45) is 2.62. The van der Waals surface area contributed by atoms with E-state index >= 15 is 0 Å². The van der Waals surface area contributed by atoms with Gasteiger partial charge in [0.15, 0.2) is 0 Å². The van der Waals surface area contributed by atoms with E-state index in [1.165, 1.54) is 12.2 Å². The number of carbonyl (C=O) groups excluding carboxylic acids is 2. The lowest BCUT2D eigenvalue weighted by atomic mass is 10.4. The summed E-state index contributed by atoms with van der Waals surface area (Å²) in [5.41, 5.74) is 7.58. The van der Waals surface area contributed by atoms with Gasteiger partial charge in [0.05, 0.1) is 0 Å². The quantitative estimate of drug-likeness (QED) is 0.155. The Kier molecular flexibility index (Phi) is 6.17. The summed E-state index contributed by atoms with van der Waals surface area (Å²) >= 11 is 0. The molecular formula is C9H10N2O4. The molecule has 0 spiro atoms. The van der Waals surface area contributed by atoms with Crippen molar-refractivity contribution in [3.63, 3.8) is 0 Å². The second kappa shape index (κ2) is 7.23. The summed E-state index contributed by atoms with van der Waals surface area (Å²) in [5.74, 6) is -2.15. The molecule has 0 unspecified atom stereocenters. The number of hydrogen-bond acceptors (Lipinski definition) is 4. The van der Waals surface area contributed by atoms with Crippen LogP contribution in [0.25, 0.3) is 5.53 Å². The summed E-state index contributed by atoms with van der Waals surface area (Å²) in [6, 6.07) is 0. The molecule has 0 aromatic heterocycles. The van der Waals surface area contributed by atoms with Crippen molar-refractivity contribution in [3.8, 4) is 0 Å². The molecule has 0 amide bonds. The van der Waals surface area contributed by atoms with Crippen molar-refractivity contribution in [1.29, 1.82) is 0 Å². The van der Waals surface area contributed by atoms with E-state index in [1.807, 2.05) is 0 Å². The molecule has 0 aromatic carbocycles. The van der Waals surface area contributed by atoms with E-state index < -0.39 is 17.7 Å². The van der Waals surface area contributed by atoms with Gasteiger partial charge in [0, 0.05) is 0 Å². The van der Waals surface area contributed by atoms with Crippen LogP contribution in [0.2, 0.25) is 0 Å². The monoisotopic (exact) mass is 210 g/mol. The highest BCUT2D eigenvalue weighted by Crippen LogP contribution is 1.87. The molecule has 0 bridgehead atoms. The molecule has 0 aliphatic heterocycles. The second-order valence-electron chi connectivity index (χ2n) is 2.22. The molecule has 0 aliphatic carbocycles. The standard InChI is InChI=1S/C9H10N2O4/c1-3-5-14-8(12)7(11-10)9(13)15-6-4-2/h3-4H,1-2,5-6H2. The number of carbonyl (C=O) groups is 2. The van der Waals surface area contributed by atoms with Crippen molar-refractivity contribution in [2.45, 2.75) is 0 Å². The van der Waals surface area contributed by atoms with Gasteiger partial charge in [-0.1, -0.05) is 25.3 Å². The van der Waals surface area contributed by atoms with Crippen molar-refractivity contribution in [2.24, 2.45) is 0 Å². The van der Waals surface area contributed by atoms with Gasteiger partial charge in [-0.2, -0.15) is 4.79 Å². The number of rotatable bonds is 6. The van der Waals surface area contributed by atoms with Gasteiger partial charge in [-0.05, 0) is 0 Å². The average molecular weight is 210 g/mol. The zero-order chi connectivity index (χ0) is 11.7. The van der Waals surface area contributed by atoms with Crippen LogP contribution in [-0.4, -0.2) is 35.7 Å². The Morgan fingerprint density at radius 1 is 1.13 bits per heavy atom. The van der Waals surface area contributed by atoms with Gasteiger partial charge in [0.25, 0.3) is 0 Å². The lowest BCUT2D eigenvalue weighted by molar-refractivity contribution is -0.147. The van der Waals surface area contributed by atoms with Crippen molar-refractivity contribution in [1.82, 2.24) is 0 Å². The van der Waals surface area contributed by atoms with E-state index in [0.717, 1.165) is 0 Å². The number of esters is 2. The van der Waals surface area contributed by atoms with Crippen molar-refractivity contribution in [2.75, 3.05) is 13.2 Å². The van der Waals surface area contributed by atoms with Crippen molar-refractivity contribution < 1.29 is 23.9 Å². The van der Waals surface area contributed by atoms with Gasteiger partial charge in [0.1, 0.15) is 13.2 Å². The summed E-state index contributed by atoms with van der Waals surface area (Å²) < 4.78 is 8.94. The van der Waals surface area contributed by atoms with Gasteiger partial charge < -0.3 is 15.0 Å². The molecule has 0 aliphatic rings. The first kappa shape index (κ1) is 12.8. The second-order valence-corrected chi connectivity index (χ2v) is 2.22. The molecule has 6 nitrogen and oxygen atoms in total. The minimum absolute atomic E-state index is 0.0907. The predicted octanol–water partition coefficient (Wildman–Crippen LogP) is 0.116. The molecule has 0 fully saturated rings. The molecule has 80 valence electrons. The Balaban J connectivity index is 4.42. The van der Waals surface area contributed by atoms with Gasteiger partial charge in [-0.25, -0.2) is 9.59 Å². The zero-order valence-corrected chi connectivity index (χ0v) is 8.01. The first-order valence-corrected chi connectivity index (χ1v) is 3.95. The normalized spacial score (nSPS) is 8.27. The highest BCUT2D eigenvalue weighted by Gasteiger charge is 2.32. The van der Waals surface area contributed by atoms with Crippen LogP contribution in [0.4, 0.5) is 0 Å². The van der Waals surface area contributed by atoms with Crippen molar-refractivity contribution in [3.05, 3.63) is 30.8 Å². The van der Waals surface area contributed by atoms with Crippen molar-refractivity contribution >= 4 is 17.7 Å². The highest BCUT2D eigenvalue weighted by molar-refractivity contribution is 6.60. The molecule has 0 saturated carbocycles. The van der Waals surface area contributed by atoms with Crippen LogP contribution in [0.3, 0.4) is 0 Å². The van der Waals surface area contributed by atoms with Gasteiger partial charge >= 0.3 is 17.7 Å². The van der Waals surface area contributed by atoms with E-state index in [4.69, 9.17) is 5.53 Å². The third-order valence-electron chi connectivity index (χ3n) is 1.15. The Bertz CT molecular complexity index is 303. The maximum Gasteiger partial charge on any atom is 0.482 e. The lowest BCUT2D eigenvalue weighted by Crippen LogP contribution is -2.29. The summed E-state index contributed by atoms with van der Waals surface area (Å²) in [5, 5.41) is 0. The number of hydrogen-bond donors (Lipinski definition) is 0. The molecule has 0 saturated heterocycles. The van der Waals surface area contributed by atoms with Crippen LogP contribution in [0, 0.1) is 0 Å². The molecule has 0 aromatic rings. The fourth-order valence-corrected chi connectivity index (χ4v) is 0.571. The van der Waals surface area contributed by atoms with Crippen LogP contribution in [0.15, 0.2) is 25.3 Å². The largest absolute Gasteiger partial charge is 0.482 e. The Hall–Kier alpha value is -2.20. The molecule has 0 radical (unpaired) electrons. The minimum Gasteiger partial charge on any atom is -0.452 e.